The van der Waals surface area contributed by atoms with Crippen LogP contribution >= 0.6 is 0 Å². The predicted molar refractivity (Wildman–Crippen MR) is 68.8 cm³/mol. The first-order valence-corrected chi connectivity index (χ1v) is 5.61. The molecule has 0 aliphatic heterocycles. The molecule has 0 saturated heterocycles. The zero-order valence-electron chi connectivity index (χ0n) is 9.86. The molecule has 0 unspecified atom stereocenters. The van der Waals surface area contributed by atoms with Crippen LogP contribution in [0.2, 0.25) is 0 Å². The van der Waals surface area contributed by atoms with E-state index in [1.165, 1.54) is 11.1 Å². The lowest BCUT2D eigenvalue weighted by Gasteiger charge is -2.05. The number of aromatic amines is 1. The highest BCUT2D eigenvalue weighted by Crippen LogP contribution is 2.26. The van der Waals surface area contributed by atoms with Crippen molar-refractivity contribution in [1.29, 1.82) is 0 Å². The van der Waals surface area contributed by atoms with Gasteiger partial charge in [-0.1, -0.05) is 12.1 Å². The van der Waals surface area contributed by atoms with Gasteiger partial charge >= 0.3 is 0 Å². The predicted octanol–water partition coefficient (Wildman–Crippen LogP) is 3.24. The molecular weight excluding hydrogens is 210 g/mol. The Kier molecular flexibility index (Phi) is 2.18. The number of hydrogen-bond acceptors (Lipinski definition) is 2. The van der Waals surface area contributed by atoms with Crippen LogP contribution in [0.25, 0.3) is 22.3 Å². The van der Waals surface area contributed by atoms with E-state index in [0.29, 0.717) is 0 Å². The summed E-state index contributed by atoms with van der Waals surface area (Å²) in [6.45, 7) is 4.24. The molecule has 0 spiro atoms. The first kappa shape index (κ1) is 10.0. The van der Waals surface area contributed by atoms with Crippen LogP contribution in [0.5, 0.6) is 0 Å². The van der Waals surface area contributed by atoms with Crippen LogP contribution in [-0.2, 0) is 0 Å². The van der Waals surface area contributed by atoms with Crippen molar-refractivity contribution in [3.63, 3.8) is 0 Å². The molecule has 3 nitrogen and oxygen atoms in total. The fourth-order valence-corrected chi connectivity index (χ4v) is 1.99. The minimum atomic E-state index is 0.883. The van der Waals surface area contributed by atoms with E-state index in [9.17, 15) is 0 Å². The minimum Gasteiger partial charge on any atom is -0.346 e. The Labute approximate surface area is 99.5 Å². The van der Waals surface area contributed by atoms with Crippen molar-refractivity contribution < 1.29 is 0 Å². The maximum atomic E-state index is 4.39. The average molecular weight is 223 g/mol. The number of nitrogens with one attached hydrogen (secondary N) is 1. The lowest BCUT2D eigenvalue weighted by atomic mass is 10.0. The van der Waals surface area contributed by atoms with Crippen LogP contribution in [0.15, 0.2) is 36.8 Å². The highest BCUT2D eigenvalue weighted by atomic mass is 14.9. The fourth-order valence-electron chi connectivity index (χ4n) is 1.99. The molecule has 17 heavy (non-hydrogen) atoms. The summed E-state index contributed by atoms with van der Waals surface area (Å²) >= 11 is 0. The van der Waals surface area contributed by atoms with E-state index in [-0.39, 0.29) is 0 Å². The Morgan fingerprint density at radius 2 is 1.88 bits per heavy atom. The molecule has 0 bridgehead atoms. The quantitative estimate of drug-likeness (QED) is 0.688. The third-order valence-electron chi connectivity index (χ3n) is 3.13. The van der Waals surface area contributed by atoms with Gasteiger partial charge in [-0.15, -0.1) is 0 Å². The van der Waals surface area contributed by atoms with Crippen LogP contribution in [0.3, 0.4) is 0 Å². The molecule has 1 N–H and O–H groups in total. The fraction of sp³-hybridized carbons (Fsp3) is 0.143. The van der Waals surface area contributed by atoms with Crippen molar-refractivity contribution in [2.45, 2.75) is 13.8 Å². The molecule has 0 fully saturated rings. The lowest BCUT2D eigenvalue weighted by molar-refractivity contribution is 1.20. The zero-order chi connectivity index (χ0) is 11.8. The van der Waals surface area contributed by atoms with Gasteiger partial charge in [0.15, 0.2) is 0 Å². The normalized spacial score (nSPS) is 10.9. The maximum absolute atomic E-state index is 4.39. The number of H-pyrrole nitrogens is 1. The monoisotopic (exact) mass is 223 g/mol. The molecule has 0 atom stereocenters. The van der Waals surface area contributed by atoms with Crippen molar-refractivity contribution in [3.8, 4) is 11.3 Å². The molecule has 0 aliphatic rings. The summed E-state index contributed by atoms with van der Waals surface area (Å²) in [5.41, 5.74) is 5.59. The number of aryl methyl sites for hydroxylation is 2. The maximum Gasteiger partial charge on any atom is 0.141 e. The van der Waals surface area contributed by atoms with Crippen molar-refractivity contribution in [2.24, 2.45) is 0 Å². The van der Waals surface area contributed by atoms with Crippen LogP contribution in [0.4, 0.5) is 0 Å². The Hall–Kier alpha value is -2.16. The summed E-state index contributed by atoms with van der Waals surface area (Å²) in [6, 6.07) is 8.42. The lowest BCUT2D eigenvalue weighted by Crippen LogP contribution is -1.89. The Balaban J connectivity index is 2.26. The van der Waals surface area contributed by atoms with Crippen LogP contribution in [0.1, 0.15) is 11.1 Å². The van der Waals surface area contributed by atoms with Crippen molar-refractivity contribution in [3.05, 3.63) is 47.9 Å². The molecular formula is C14H13N3. The number of benzene rings is 1. The van der Waals surface area contributed by atoms with Gasteiger partial charge in [-0.25, -0.2) is 9.97 Å². The Bertz CT molecular complexity index is 683. The van der Waals surface area contributed by atoms with Crippen LogP contribution in [-0.4, -0.2) is 15.0 Å². The number of hydrogen-bond donors (Lipinski definition) is 1. The van der Waals surface area contributed by atoms with Crippen molar-refractivity contribution in [2.75, 3.05) is 0 Å². The average Bonchev–Trinajstić information content (AvgIpc) is 2.80. The van der Waals surface area contributed by atoms with Gasteiger partial charge in [-0.2, -0.15) is 0 Å². The van der Waals surface area contributed by atoms with Crippen LogP contribution < -0.4 is 0 Å². The summed E-state index contributed by atoms with van der Waals surface area (Å²) in [7, 11) is 0. The van der Waals surface area contributed by atoms with Crippen molar-refractivity contribution >= 4 is 11.0 Å². The Morgan fingerprint density at radius 3 is 2.71 bits per heavy atom. The Morgan fingerprint density at radius 1 is 1.00 bits per heavy atom. The molecule has 2 heterocycles. The summed E-state index contributed by atoms with van der Waals surface area (Å²) in [5, 5.41) is 1.07. The summed E-state index contributed by atoms with van der Waals surface area (Å²) < 4.78 is 0. The van der Waals surface area contributed by atoms with Gasteiger partial charge in [0.05, 0.1) is 5.69 Å². The third kappa shape index (κ3) is 1.60. The van der Waals surface area contributed by atoms with Gasteiger partial charge in [-0.05, 0) is 37.1 Å². The first-order chi connectivity index (χ1) is 8.25. The second-order valence-corrected chi connectivity index (χ2v) is 4.26. The van der Waals surface area contributed by atoms with E-state index in [0.717, 1.165) is 22.3 Å². The van der Waals surface area contributed by atoms with Gasteiger partial charge in [0.1, 0.15) is 12.0 Å². The van der Waals surface area contributed by atoms with Gasteiger partial charge < -0.3 is 4.98 Å². The van der Waals surface area contributed by atoms with Gasteiger partial charge in [-0.3, -0.25) is 0 Å². The van der Waals surface area contributed by atoms with Gasteiger partial charge in [0.2, 0.25) is 0 Å². The van der Waals surface area contributed by atoms with E-state index in [1.54, 1.807) is 6.33 Å². The SMILES string of the molecule is Cc1ccc(-c2ncnc3[nH]ccc23)cc1C. The van der Waals surface area contributed by atoms with E-state index < -0.39 is 0 Å². The van der Waals surface area contributed by atoms with Gasteiger partial charge in [0.25, 0.3) is 0 Å². The standard InChI is InChI=1S/C14H13N3/c1-9-3-4-11(7-10(9)2)13-12-5-6-15-14(12)17-8-16-13/h3-8H,1-2H3,(H,15,16,17). The second-order valence-electron chi connectivity index (χ2n) is 4.26. The van der Waals surface area contributed by atoms with E-state index in [2.05, 4.69) is 47.0 Å². The molecule has 84 valence electrons. The number of aromatic nitrogens is 3. The zero-order valence-corrected chi connectivity index (χ0v) is 9.86. The van der Waals surface area contributed by atoms with E-state index in [1.807, 2.05) is 12.3 Å². The topological polar surface area (TPSA) is 41.6 Å². The van der Waals surface area contributed by atoms with E-state index >= 15 is 0 Å². The number of nitrogens with zero attached hydrogens (tertiary/aromatic N) is 2. The minimum absolute atomic E-state index is 0.883. The molecule has 0 radical (unpaired) electrons. The highest BCUT2D eigenvalue weighted by molar-refractivity contribution is 5.90. The third-order valence-corrected chi connectivity index (χ3v) is 3.13. The van der Waals surface area contributed by atoms with Crippen LogP contribution in [0, 0.1) is 13.8 Å². The molecule has 3 aromatic rings. The summed E-state index contributed by atoms with van der Waals surface area (Å²) in [6.07, 6.45) is 3.49. The number of rotatable bonds is 1. The summed E-state index contributed by atoms with van der Waals surface area (Å²) in [5.74, 6) is 0. The highest BCUT2D eigenvalue weighted by Gasteiger charge is 2.07. The largest absolute Gasteiger partial charge is 0.346 e. The molecule has 0 aliphatic carbocycles. The molecule has 3 heteroatoms. The molecule has 2 aromatic heterocycles. The molecule has 3 rings (SSSR count). The van der Waals surface area contributed by atoms with Crippen molar-refractivity contribution in [1.82, 2.24) is 15.0 Å². The van der Waals surface area contributed by atoms with E-state index in [4.69, 9.17) is 0 Å². The van der Waals surface area contributed by atoms with Gasteiger partial charge in [0, 0.05) is 17.1 Å². The molecule has 1 aromatic carbocycles. The molecule has 0 amide bonds. The summed E-state index contributed by atoms with van der Waals surface area (Å²) in [4.78, 5) is 11.7. The first-order valence-electron chi connectivity index (χ1n) is 5.61. The molecule has 0 saturated carbocycles. The second kappa shape index (κ2) is 3.70. The number of fused-ring (bicyclic) bond motifs is 1. The smallest absolute Gasteiger partial charge is 0.141 e.